The number of benzene rings is 1. The molecule has 1 aromatic carbocycles. The number of allylic oxidation sites excluding steroid dienone is 1. The highest BCUT2D eigenvalue weighted by Gasteiger charge is 2.18. The van der Waals surface area contributed by atoms with Crippen LogP contribution in [0.5, 0.6) is 0 Å². The maximum absolute atomic E-state index is 12.8. The Labute approximate surface area is 170 Å². The van der Waals surface area contributed by atoms with E-state index in [1.165, 1.54) is 21.8 Å². The van der Waals surface area contributed by atoms with Crippen molar-refractivity contribution in [2.45, 2.75) is 26.7 Å². The van der Waals surface area contributed by atoms with Crippen molar-refractivity contribution >= 4 is 23.1 Å². The standard InChI is InChI=1S/C22H26ClN3O2/c1-15(2)16(14-25(3)4)7-12-20(24)21(27)19-6-5-13-26(22(19)28)18-10-8-17(23)9-11-18/h5-6,8-11,13,24H,7,12,14H2,1-4H3. The molecular weight excluding hydrogens is 374 g/mol. The van der Waals surface area contributed by atoms with Crippen LogP contribution in [0, 0.1) is 5.41 Å². The van der Waals surface area contributed by atoms with Gasteiger partial charge in [0.1, 0.15) is 0 Å². The van der Waals surface area contributed by atoms with Crippen molar-refractivity contribution in [1.82, 2.24) is 9.47 Å². The molecule has 0 aliphatic carbocycles. The van der Waals surface area contributed by atoms with Gasteiger partial charge < -0.3 is 10.3 Å². The first-order valence-electron chi connectivity index (χ1n) is 9.10. The van der Waals surface area contributed by atoms with Gasteiger partial charge in [0.2, 0.25) is 5.78 Å². The molecule has 1 aromatic heterocycles. The van der Waals surface area contributed by atoms with E-state index in [0.29, 0.717) is 23.6 Å². The number of halogens is 1. The second kappa shape index (κ2) is 9.62. The normalized spacial score (nSPS) is 10.8. The minimum atomic E-state index is -0.522. The molecule has 1 heterocycles. The van der Waals surface area contributed by atoms with Crippen molar-refractivity contribution in [3.05, 3.63) is 74.7 Å². The Morgan fingerprint density at radius 3 is 2.32 bits per heavy atom. The summed E-state index contributed by atoms with van der Waals surface area (Å²) in [6, 6.07) is 9.92. The van der Waals surface area contributed by atoms with Crippen LogP contribution < -0.4 is 5.56 Å². The fourth-order valence-electron chi connectivity index (χ4n) is 2.89. The maximum atomic E-state index is 12.8. The molecule has 148 valence electrons. The van der Waals surface area contributed by atoms with Gasteiger partial charge in [-0.3, -0.25) is 14.2 Å². The molecule has 0 amide bonds. The van der Waals surface area contributed by atoms with Crippen LogP contribution in [-0.2, 0) is 0 Å². The number of carbonyl (C=O) groups is 1. The summed E-state index contributed by atoms with van der Waals surface area (Å²) < 4.78 is 1.39. The van der Waals surface area contributed by atoms with E-state index in [-0.39, 0.29) is 11.3 Å². The van der Waals surface area contributed by atoms with Crippen LogP contribution in [0.2, 0.25) is 5.02 Å². The molecule has 0 unspecified atom stereocenters. The number of pyridine rings is 1. The van der Waals surface area contributed by atoms with Crippen molar-refractivity contribution in [2.75, 3.05) is 20.6 Å². The first-order valence-corrected chi connectivity index (χ1v) is 9.48. The van der Waals surface area contributed by atoms with E-state index < -0.39 is 11.3 Å². The summed E-state index contributed by atoms with van der Waals surface area (Å²) in [5, 5.41) is 8.77. The maximum Gasteiger partial charge on any atom is 0.266 e. The molecular formula is C22H26ClN3O2. The minimum absolute atomic E-state index is 0.00816. The molecule has 0 radical (unpaired) electrons. The van der Waals surface area contributed by atoms with Gasteiger partial charge in [0.15, 0.2) is 0 Å². The van der Waals surface area contributed by atoms with Gasteiger partial charge in [-0.05, 0) is 77.2 Å². The molecule has 0 aliphatic heterocycles. The van der Waals surface area contributed by atoms with Gasteiger partial charge >= 0.3 is 0 Å². The summed E-state index contributed by atoms with van der Waals surface area (Å²) in [4.78, 5) is 27.6. The number of nitrogens with zero attached hydrogens (tertiary/aromatic N) is 2. The summed E-state index contributed by atoms with van der Waals surface area (Å²) in [5.74, 6) is -0.522. The molecule has 0 fully saturated rings. The zero-order chi connectivity index (χ0) is 20.8. The summed E-state index contributed by atoms with van der Waals surface area (Å²) in [6.07, 6.45) is 2.54. The number of nitrogens with one attached hydrogen (secondary N) is 1. The van der Waals surface area contributed by atoms with Gasteiger partial charge in [0, 0.05) is 23.5 Å². The van der Waals surface area contributed by atoms with Crippen LogP contribution in [-0.4, -0.2) is 41.6 Å². The first-order chi connectivity index (χ1) is 13.2. The Morgan fingerprint density at radius 2 is 1.75 bits per heavy atom. The topological polar surface area (TPSA) is 66.2 Å². The van der Waals surface area contributed by atoms with Crippen molar-refractivity contribution < 1.29 is 4.79 Å². The van der Waals surface area contributed by atoms with Crippen molar-refractivity contribution in [3.63, 3.8) is 0 Å². The van der Waals surface area contributed by atoms with E-state index in [0.717, 1.165) is 6.54 Å². The molecule has 1 N–H and O–H groups in total. The molecule has 0 atom stereocenters. The highest BCUT2D eigenvalue weighted by atomic mass is 35.5. The second-order valence-corrected chi connectivity index (χ2v) is 7.66. The smallest absolute Gasteiger partial charge is 0.266 e. The lowest BCUT2D eigenvalue weighted by molar-refractivity contribution is 0.106. The molecule has 2 rings (SSSR count). The third-order valence-electron chi connectivity index (χ3n) is 4.46. The number of Topliss-reactive ketones (excluding diaryl/α,β-unsaturated/α-hetero) is 1. The van der Waals surface area contributed by atoms with Gasteiger partial charge in [0.05, 0.1) is 11.3 Å². The van der Waals surface area contributed by atoms with Gasteiger partial charge in [-0.1, -0.05) is 22.7 Å². The van der Waals surface area contributed by atoms with Crippen molar-refractivity contribution in [1.29, 1.82) is 5.41 Å². The average Bonchev–Trinajstić information content (AvgIpc) is 2.65. The van der Waals surface area contributed by atoms with Gasteiger partial charge in [-0.15, -0.1) is 0 Å². The quantitative estimate of drug-likeness (QED) is 0.407. The van der Waals surface area contributed by atoms with E-state index >= 15 is 0 Å². The lowest BCUT2D eigenvalue weighted by Crippen LogP contribution is -2.28. The Morgan fingerprint density at radius 1 is 1.11 bits per heavy atom. The minimum Gasteiger partial charge on any atom is -0.305 e. The van der Waals surface area contributed by atoms with E-state index in [1.54, 1.807) is 36.5 Å². The molecule has 0 aliphatic rings. The lowest BCUT2D eigenvalue weighted by atomic mass is 9.99. The molecule has 0 spiro atoms. The van der Waals surface area contributed by atoms with E-state index in [1.807, 2.05) is 27.9 Å². The van der Waals surface area contributed by atoms with Crippen LogP contribution in [0.1, 0.15) is 37.0 Å². The molecule has 5 nitrogen and oxygen atoms in total. The zero-order valence-corrected chi connectivity index (χ0v) is 17.5. The summed E-state index contributed by atoms with van der Waals surface area (Å²) in [5.41, 5.74) is 2.54. The largest absolute Gasteiger partial charge is 0.305 e. The Bertz CT molecular complexity index is 952. The third-order valence-corrected chi connectivity index (χ3v) is 4.71. The summed E-state index contributed by atoms with van der Waals surface area (Å²) >= 11 is 5.90. The van der Waals surface area contributed by atoms with Crippen LogP contribution in [0.3, 0.4) is 0 Å². The number of rotatable bonds is 8. The number of hydrogen-bond acceptors (Lipinski definition) is 4. The van der Waals surface area contributed by atoms with Crippen LogP contribution >= 0.6 is 11.6 Å². The monoisotopic (exact) mass is 399 g/mol. The molecule has 2 aromatic rings. The van der Waals surface area contributed by atoms with Crippen LogP contribution in [0.4, 0.5) is 0 Å². The molecule has 0 saturated heterocycles. The van der Waals surface area contributed by atoms with E-state index in [4.69, 9.17) is 17.0 Å². The Kier molecular flexibility index (Phi) is 7.49. The number of aromatic nitrogens is 1. The van der Waals surface area contributed by atoms with Gasteiger partial charge in [0.25, 0.3) is 5.56 Å². The second-order valence-electron chi connectivity index (χ2n) is 7.22. The highest BCUT2D eigenvalue weighted by molar-refractivity contribution is 6.44. The number of ketones is 1. The first kappa shape index (κ1) is 21.8. The molecule has 0 saturated carbocycles. The lowest BCUT2D eigenvalue weighted by Gasteiger charge is -2.15. The summed E-state index contributed by atoms with van der Waals surface area (Å²) in [7, 11) is 3.98. The number of hydrogen-bond donors (Lipinski definition) is 1. The Balaban J connectivity index is 2.21. The van der Waals surface area contributed by atoms with Gasteiger partial charge in [-0.2, -0.15) is 0 Å². The highest BCUT2D eigenvalue weighted by Crippen LogP contribution is 2.15. The van der Waals surface area contributed by atoms with Crippen molar-refractivity contribution in [2.24, 2.45) is 0 Å². The molecule has 0 bridgehead atoms. The van der Waals surface area contributed by atoms with E-state index in [2.05, 4.69) is 4.90 Å². The van der Waals surface area contributed by atoms with Crippen LogP contribution in [0.25, 0.3) is 5.69 Å². The number of carbonyl (C=O) groups excluding carboxylic acids is 1. The van der Waals surface area contributed by atoms with E-state index in [9.17, 15) is 9.59 Å². The average molecular weight is 400 g/mol. The predicted molar refractivity (Wildman–Crippen MR) is 115 cm³/mol. The van der Waals surface area contributed by atoms with Crippen LogP contribution in [0.15, 0.2) is 58.5 Å². The fourth-order valence-corrected chi connectivity index (χ4v) is 3.02. The molecule has 28 heavy (non-hydrogen) atoms. The molecule has 6 heteroatoms. The van der Waals surface area contributed by atoms with Crippen molar-refractivity contribution in [3.8, 4) is 5.69 Å². The fraction of sp³-hybridized carbons (Fsp3) is 0.318. The zero-order valence-electron chi connectivity index (χ0n) is 16.8. The predicted octanol–water partition coefficient (Wildman–Crippen LogP) is 4.37. The number of likely N-dealkylation sites (N-methyl/N-ethyl adjacent to an activating group) is 1. The Hall–Kier alpha value is -2.50. The SMILES string of the molecule is CC(C)=C(CCC(=N)C(=O)c1cccn(-c2ccc(Cl)cc2)c1=O)CN(C)C. The summed E-state index contributed by atoms with van der Waals surface area (Å²) in [6.45, 7) is 4.86. The third kappa shape index (κ3) is 5.50. The van der Waals surface area contributed by atoms with Gasteiger partial charge in [-0.25, -0.2) is 0 Å².